The second-order valence-electron chi connectivity index (χ2n) is 30.0. The molecule has 0 bridgehead atoms. The summed E-state index contributed by atoms with van der Waals surface area (Å²) in [7, 11) is 0. The molecule has 0 aliphatic heterocycles. The zero-order chi connectivity index (χ0) is 67.1. The van der Waals surface area contributed by atoms with Gasteiger partial charge in [-0.3, -0.25) is 9.59 Å². The van der Waals surface area contributed by atoms with Crippen LogP contribution in [0.4, 0.5) is 0 Å². The van der Waals surface area contributed by atoms with Gasteiger partial charge in [0.25, 0.3) is 0 Å². The Morgan fingerprint density at radius 1 is 0.372 bits per heavy atom. The van der Waals surface area contributed by atoms with Gasteiger partial charge in [0.05, 0.1) is 156 Å². The minimum absolute atomic E-state index is 0.0401. The molecule has 0 radical (unpaired) electrons. The van der Waals surface area contributed by atoms with Crippen molar-refractivity contribution < 1.29 is 106 Å². The van der Waals surface area contributed by atoms with Crippen LogP contribution in [0.25, 0.3) is 0 Å². The smallest absolute Gasteiger partial charge is 0.332 e. The third-order valence-corrected chi connectivity index (χ3v) is 25.0. The van der Waals surface area contributed by atoms with E-state index in [1.54, 1.807) is 0 Å². The lowest BCUT2D eigenvalue weighted by Crippen LogP contribution is -2.54. The van der Waals surface area contributed by atoms with Gasteiger partial charge in [-0.05, 0) is 196 Å². The summed E-state index contributed by atoms with van der Waals surface area (Å²) < 4.78 is 79.8. The fourth-order valence-electron chi connectivity index (χ4n) is 20.2. The molecule has 8 rings (SSSR count). The van der Waals surface area contributed by atoms with Gasteiger partial charge < -0.3 is 86.7 Å². The number of ether oxygens (including phenoxy) is 14. The lowest BCUT2D eigenvalue weighted by Gasteiger charge is -2.61. The first-order chi connectivity index (χ1) is 45.4. The maximum atomic E-state index is 14.7. The number of esters is 4. The van der Waals surface area contributed by atoms with E-state index < -0.39 is 74.3 Å². The Bertz CT molecular complexity index is 2110. The molecule has 0 aromatic heterocycles. The van der Waals surface area contributed by atoms with Crippen LogP contribution in [0.15, 0.2) is 0 Å². The molecule has 20 atom stereocenters. The lowest BCUT2D eigenvalue weighted by atomic mass is 9.44. The Labute approximate surface area is 560 Å². The van der Waals surface area contributed by atoms with Crippen molar-refractivity contribution >= 4 is 23.9 Å². The Hall–Kier alpha value is -2.68. The van der Waals surface area contributed by atoms with E-state index in [4.69, 9.17) is 76.5 Å². The normalized spacial score (nSPS) is 34.7. The lowest BCUT2D eigenvalue weighted by molar-refractivity contribution is -0.189. The maximum absolute atomic E-state index is 14.7. The van der Waals surface area contributed by atoms with Crippen molar-refractivity contribution in [3.8, 4) is 0 Å². The van der Waals surface area contributed by atoms with Gasteiger partial charge in [0, 0.05) is 0 Å². The van der Waals surface area contributed by atoms with Gasteiger partial charge >= 0.3 is 23.9 Å². The van der Waals surface area contributed by atoms with E-state index in [1.807, 2.05) is 13.8 Å². The fourth-order valence-corrected chi connectivity index (χ4v) is 20.2. The monoisotopic (exact) mass is 1340 g/mol. The van der Waals surface area contributed by atoms with Crippen LogP contribution in [0.3, 0.4) is 0 Å². The van der Waals surface area contributed by atoms with E-state index in [0.29, 0.717) is 113 Å². The second kappa shape index (κ2) is 38.2. The Kier molecular flexibility index (Phi) is 31.3. The van der Waals surface area contributed by atoms with Crippen LogP contribution < -0.4 is 0 Å². The minimum Gasteiger partial charge on any atom is -0.461 e. The number of carbonyl (C=O) groups is 4. The molecule has 0 saturated heterocycles. The number of carbonyl (C=O) groups excluding carboxylic acids is 4. The second-order valence-corrected chi connectivity index (χ2v) is 30.0. The van der Waals surface area contributed by atoms with Crippen LogP contribution >= 0.6 is 0 Å². The average Bonchev–Trinajstić information content (AvgIpc) is 1.35. The summed E-state index contributed by atoms with van der Waals surface area (Å²) in [5.41, 5.74) is 0.284. The van der Waals surface area contributed by atoms with Gasteiger partial charge in [-0.1, -0.05) is 41.5 Å². The van der Waals surface area contributed by atoms with Gasteiger partial charge in [-0.2, -0.15) is 0 Å². The molecule has 8 aliphatic rings. The highest BCUT2D eigenvalue weighted by Crippen LogP contribution is 2.70. The number of aliphatic hydroxyl groups excluding tert-OH is 4. The molecule has 0 aromatic carbocycles. The van der Waals surface area contributed by atoms with Crippen molar-refractivity contribution in [2.45, 2.75) is 182 Å². The predicted octanol–water partition coefficient (Wildman–Crippen LogP) is 7.36. The highest BCUT2D eigenvalue weighted by molar-refractivity contribution is 5.74. The zero-order valence-electron chi connectivity index (χ0n) is 58.1. The third-order valence-electron chi connectivity index (χ3n) is 25.0. The Balaban J connectivity index is 0.901. The molecule has 94 heavy (non-hydrogen) atoms. The Morgan fingerprint density at radius 2 is 0.670 bits per heavy atom. The summed E-state index contributed by atoms with van der Waals surface area (Å²) in [6, 6.07) is 0. The van der Waals surface area contributed by atoms with Gasteiger partial charge in [-0.25, -0.2) is 9.59 Å². The molecule has 8 saturated carbocycles. The molecular formula is C72H122O22. The number of hydrogen-bond donors (Lipinski definition) is 4. The number of hydrogen-bond acceptors (Lipinski definition) is 22. The van der Waals surface area contributed by atoms with E-state index in [1.165, 1.54) is 0 Å². The average molecular weight is 1340 g/mol. The molecule has 8 fully saturated rings. The van der Waals surface area contributed by atoms with Crippen LogP contribution in [-0.2, 0) is 85.5 Å². The largest absolute Gasteiger partial charge is 0.461 e. The summed E-state index contributed by atoms with van der Waals surface area (Å²) in [6.45, 7) is 16.7. The Morgan fingerprint density at radius 3 is 1.00 bits per heavy atom. The molecule has 22 heteroatoms. The highest BCUT2D eigenvalue weighted by Gasteiger charge is 2.63. The minimum atomic E-state index is -1.41. The summed E-state index contributed by atoms with van der Waals surface area (Å²) in [5, 5.41) is 39.0. The molecule has 0 spiro atoms. The van der Waals surface area contributed by atoms with E-state index in [9.17, 15) is 29.4 Å². The van der Waals surface area contributed by atoms with E-state index >= 15 is 0 Å². The van der Waals surface area contributed by atoms with Gasteiger partial charge in [0.2, 0.25) is 0 Å². The number of rotatable bonds is 43. The first kappa shape index (κ1) is 77.1. The predicted molar refractivity (Wildman–Crippen MR) is 345 cm³/mol. The van der Waals surface area contributed by atoms with E-state index in [0.717, 1.165) is 116 Å². The standard InChI is InChI=1S/C72H122O22/c1-49(57-11-13-59-55-9-7-51-43-53(75)15-19-69(51,3)61(55)17-21-71(57,59)5)67(79)91-45-63(93-65(77)47-89-41-39-87-37-35-85-33-31-83-29-27-81-25-23-73)64(94-66(78)48-90-42-40-88-38-36-86-34-32-84-30-28-82-26-24-74)46-92-68(80)50(2)58-12-14-60-56-10-8-52-44-54(76)16-20-70(52,4)62(56)18-22-72(58,60)6/h49-64,73-76H,7-48H2,1-6H3/t49-,50-,51-,52-,53-,54-,55-,56-,57+,58+,59-,60-,61-,62-,63-,64-,69-,70-,71+,72+/m0/s1. The van der Waals surface area contributed by atoms with Crippen molar-refractivity contribution in [3.05, 3.63) is 0 Å². The molecule has 0 aromatic rings. The summed E-state index contributed by atoms with van der Waals surface area (Å²) in [4.78, 5) is 57.2. The molecule has 0 unspecified atom stereocenters. The third kappa shape index (κ3) is 20.3. The molecule has 4 N–H and O–H groups in total. The highest BCUT2D eigenvalue weighted by atomic mass is 16.6. The van der Waals surface area contributed by atoms with Gasteiger partial charge in [-0.15, -0.1) is 0 Å². The molecule has 22 nitrogen and oxygen atoms in total. The van der Waals surface area contributed by atoms with Crippen molar-refractivity contribution in [2.75, 3.05) is 159 Å². The maximum Gasteiger partial charge on any atom is 0.332 e. The van der Waals surface area contributed by atoms with E-state index in [2.05, 4.69) is 27.7 Å². The van der Waals surface area contributed by atoms with Crippen molar-refractivity contribution in [1.29, 1.82) is 0 Å². The van der Waals surface area contributed by atoms with Crippen molar-refractivity contribution in [2.24, 2.45) is 92.7 Å². The van der Waals surface area contributed by atoms with Crippen molar-refractivity contribution in [3.63, 3.8) is 0 Å². The SMILES string of the molecule is C[C@H](C(=O)OC[C@H](OC(=O)COCCOCCOCCOCCOCCO)[C@H](COC(=O)[C@@H](C)[C@H]1CC[C@H]2[C@@H]3CC[C@H]4C[C@@H](O)CC[C@]4(C)[C@H]3CC[C@]12C)OC(=O)COCCOCCOCCOCCOCCO)[C@H]1CC[C@H]2[C@@H]3CC[C@H]4C[C@@H](O)CC[C@]4(C)[C@H]3CC[C@]12C. The van der Waals surface area contributed by atoms with Gasteiger partial charge in [0.1, 0.15) is 26.4 Å². The molecule has 0 amide bonds. The first-order valence-corrected chi connectivity index (χ1v) is 36.4. The first-order valence-electron chi connectivity index (χ1n) is 36.4. The number of fused-ring (bicyclic) bond motifs is 10. The van der Waals surface area contributed by atoms with Crippen LogP contribution in [0.2, 0.25) is 0 Å². The summed E-state index contributed by atoms with van der Waals surface area (Å²) in [5.74, 6) is 0.983. The van der Waals surface area contributed by atoms with Crippen LogP contribution in [0.5, 0.6) is 0 Å². The fraction of sp³-hybridized carbons (Fsp3) is 0.944. The topological polar surface area (TPSA) is 278 Å². The van der Waals surface area contributed by atoms with E-state index in [-0.39, 0.29) is 112 Å². The zero-order valence-corrected chi connectivity index (χ0v) is 58.1. The van der Waals surface area contributed by atoms with Crippen molar-refractivity contribution in [1.82, 2.24) is 0 Å². The number of aliphatic hydroxyl groups is 4. The quantitative estimate of drug-likeness (QED) is 0.0264. The van der Waals surface area contributed by atoms with Crippen LogP contribution in [0.1, 0.15) is 157 Å². The summed E-state index contributed by atoms with van der Waals surface area (Å²) >= 11 is 0. The van der Waals surface area contributed by atoms with Crippen LogP contribution in [0, 0.1) is 92.7 Å². The van der Waals surface area contributed by atoms with Crippen LogP contribution in [-0.4, -0.2) is 227 Å². The summed E-state index contributed by atoms with van der Waals surface area (Å²) in [6.07, 6.45) is 15.1. The molecular weight excluding hydrogens is 1220 g/mol. The van der Waals surface area contributed by atoms with Gasteiger partial charge in [0.15, 0.2) is 12.2 Å². The molecule has 0 heterocycles. The molecule has 8 aliphatic carbocycles. The molecule has 542 valence electrons.